The van der Waals surface area contributed by atoms with Gasteiger partial charge in [-0.25, -0.2) is 14.1 Å². The smallest absolute Gasteiger partial charge is 0.295 e. The van der Waals surface area contributed by atoms with Crippen LogP contribution in [0.1, 0.15) is 10.6 Å². The van der Waals surface area contributed by atoms with Gasteiger partial charge in [0.25, 0.3) is 5.91 Å². The Hall–Kier alpha value is -3.51. The maximum absolute atomic E-state index is 13.8. The largest absolute Gasteiger partial charge is 0.317 e. The average molecular weight is 393 g/mol. The SMILES string of the molecule is O=C(Nc1ccccc1F)c1nc(-c2cccc(Cl)c2)n(-c2ccccc2)n1. The molecule has 1 amide bonds. The van der Waals surface area contributed by atoms with E-state index in [-0.39, 0.29) is 11.5 Å². The summed E-state index contributed by atoms with van der Waals surface area (Å²) in [6.07, 6.45) is 0. The van der Waals surface area contributed by atoms with Crippen molar-refractivity contribution in [3.63, 3.8) is 0 Å². The maximum Gasteiger partial charge on any atom is 0.295 e. The van der Waals surface area contributed by atoms with Crippen LogP contribution in [0.2, 0.25) is 5.02 Å². The van der Waals surface area contributed by atoms with E-state index in [2.05, 4.69) is 15.4 Å². The van der Waals surface area contributed by atoms with Gasteiger partial charge in [-0.15, -0.1) is 5.10 Å². The average Bonchev–Trinajstić information content (AvgIpc) is 3.16. The van der Waals surface area contributed by atoms with E-state index in [0.717, 1.165) is 5.69 Å². The summed E-state index contributed by atoms with van der Waals surface area (Å²) in [5, 5.41) is 7.38. The van der Waals surface area contributed by atoms with Crippen LogP contribution in [0.15, 0.2) is 78.9 Å². The highest BCUT2D eigenvalue weighted by molar-refractivity contribution is 6.30. The zero-order chi connectivity index (χ0) is 19.5. The van der Waals surface area contributed by atoms with Crippen molar-refractivity contribution in [3.05, 3.63) is 95.5 Å². The summed E-state index contributed by atoms with van der Waals surface area (Å²) in [5.41, 5.74) is 1.50. The molecule has 0 fully saturated rings. The predicted molar refractivity (Wildman–Crippen MR) is 106 cm³/mol. The number of halogens is 2. The highest BCUT2D eigenvalue weighted by Crippen LogP contribution is 2.24. The lowest BCUT2D eigenvalue weighted by atomic mass is 10.2. The molecule has 1 aromatic heterocycles. The first kappa shape index (κ1) is 17.9. The lowest BCUT2D eigenvalue weighted by Crippen LogP contribution is -2.15. The summed E-state index contributed by atoms with van der Waals surface area (Å²) >= 11 is 6.11. The molecule has 0 saturated heterocycles. The molecule has 0 radical (unpaired) electrons. The maximum atomic E-state index is 13.8. The van der Waals surface area contributed by atoms with E-state index in [0.29, 0.717) is 16.4 Å². The van der Waals surface area contributed by atoms with Crippen molar-refractivity contribution in [1.29, 1.82) is 0 Å². The van der Waals surface area contributed by atoms with Crippen molar-refractivity contribution in [2.45, 2.75) is 0 Å². The van der Waals surface area contributed by atoms with E-state index in [1.807, 2.05) is 36.4 Å². The molecule has 0 aliphatic heterocycles. The van der Waals surface area contributed by atoms with Crippen molar-refractivity contribution < 1.29 is 9.18 Å². The number of para-hydroxylation sites is 2. The van der Waals surface area contributed by atoms with Gasteiger partial charge in [-0.1, -0.05) is 54.1 Å². The number of rotatable bonds is 4. The Morgan fingerprint density at radius 3 is 2.46 bits per heavy atom. The molecule has 0 atom stereocenters. The molecule has 0 saturated carbocycles. The Balaban J connectivity index is 1.77. The molecular weight excluding hydrogens is 379 g/mol. The van der Waals surface area contributed by atoms with Gasteiger partial charge < -0.3 is 5.32 Å². The first-order valence-corrected chi connectivity index (χ1v) is 8.84. The zero-order valence-corrected chi connectivity index (χ0v) is 15.3. The Bertz CT molecular complexity index is 1140. The standard InChI is InChI=1S/C21H14ClFN4O/c22-15-8-6-7-14(13-15)20-25-19(26-27(20)16-9-2-1-3-10-16)21(28)24-18-12-5-4-11-17(18)23/h1-13H,(H,24,28). The number of hydrogen-bond donors (Lipinski definition) is 1. The minimum atomic E-state index is -0.608. The van der Waals surface area contributed by atoms with Crippen LogP contribution in [0.25, 0.3) is 17.1 Å². The Morgan fingerprint density at radius 2 is 1.71 bits per heavy atom. The molecule has 0 aliphatic rings. The van der Waals surface area contributed by atoms with E-state index in [4.69, 9.17) is 11.6 Å². The van der Waals surface area contributed by atoms with Gasteiger partial charge in [0.2, 0.25) is 5.82 Å². The molecule has 4 aromatic rings. The van der Waals surface area contributed by atoms with Crippen LogP contribution in [-0.4, -0.2) is 20.7 Å². The quantitative estimate of drug-likeness (QED) is 0.533. The number of carbonyl (C=O) groups excluding carboxylic acids is 1. The second-order valence-electron chi connectivity index (χ2n) is 5.95. The lowest BCUT2D eigenvalue weighted by Gasteiger charge is -2.05. The van der Waals surface area contributed by atoms with Gasteiger partial charge in [-0.2, -0.15) is 0 Å². The number of benzene rings is 3. The summed E-state index contributed by atoms with van der Waals surface area (Å²) in [6.45, 7) is 0. The predicted octanol–water partition coefficient (Wildman–Crippen LogP) is 4.98. The third kappa shape index (κ3) is 3.63. The number of carbonyl (C=O) groups is 1. The molecule has 0 unspecified atom stereocenters. The molecular formula is C21H14ClFN4O. The number of anilines is 1. The normalized spacial score (nSPS) is 10.6. The fraction of sp³-hybridized carbons (Fsp3) is 0. The zero-order valence-electron chi connectivity index (χ0n) is 14.5. The van der Waals surface area contributed by atoms with Crippen LogP contribution in [0.5, 0.6) is 0 Å². The van der Waals surface area contributed by atoms with Gasteiger partial charge >= 0.3 is 0 Å². The monoisotopic (exact) mass is 392 g/mol. The number of amides is 1. The first-order valence-electron chi connectivity index (χ1n) is 8.46. The fourth-order valence-corrected chi connectivity index (χ4v) is 2.90. The van der Waals surface area contributed by atoms with Crippen LogP contribution < -0.4 is 5.32 Å². The molecule has 138 valence electrons. The van der Waals surface area contributed by atoms with Crippen molar-refractivity contribution in [1.82, 2.24) is 14.8 Å². The van der Waals surface area contributed by atoms with Gasteiger partial charge in [0.15, 0.2) is 5.82 Å². The van der Waals surface area contributed by atoms with Crippen LogP contribution in [0, 0.1) is 5.82 Å². The Labute approximate surface area is 165 Å². The van der Waals surface area contributed by atoms with E-state index in [9.17, 15) is 9.18 Å². The van der Waals surface area contributed by atoms with Gasteiger partial charge in [-0.3, -0.25) is 4.79 Å². The van der Waals surface area contributed by atoms with E-state index in [1.165, 1.54) is 12.1 Å². The summed E-state index contributed by atoms with van der Waals surface area (Å²) in [6, 6.07) is 22.3. The molecule has 1 heterocycles. The minimum Gasteiger partial charge on any atom is -0.317 e. The molecule has 5 nitrogen and oxygen atoms in total. The van der Waals surface area contributed by atoms with Crippen molar-refractivity contribution in [3.8, 4) is 17.1 Å². The third-order valence-electron chi connectivity index (χ3n) is 4.02. The highest BCUT2D eigenvalue weighted by Gasteiger charge is 2.19. The van der Waals surface area contributed by atoms with Crippen LogP contribution >= 0.6 is 11.6 Å². The van der Waals surface area contributed by atoms with Gasteiger partial charge in [0.1, 0.15) is 5.82 Å². The number of nitrogens with zero attached hydrogens (tertiary/aromatic N) is 3. The van der Waals surface area contributed by atoms with Crippen molar-refractivity contribution >= 4 is 23.2 Å². The third-order valence-corrected chi connectivity index (χ3v) is 4.25. The van der Waals surface area contributed by atoms with Gasteiger partial charge in [0, 0.05) is 10.6 Å². The van der Waals surface area contributed by atoms with Crippen LogP contribution in [0.3, 0.4) is 0 Å². The molecule has 7 heteroatoms. The number of hydrogen-bond acceptors (Lipinski definition) is 3. The second kappa shape index (κ2) is 7.62. The molecule has 3 aromatic carbocycles. The summed E-state index contributed by atoms with van der Waals surface area (Å²) in [7, 11) is 0. The summed E-state index contributed by atoms with van der Waals surface area (Å²) < 4.78 is 15.4. The lowest BCUT2D eigenvalue weighted by molar-refractivity contribution is 0.101. The van der Waals surface area contributed by atoms with E-state index < -0.39 is 11.7 Å². The van der Waals surface area contributed by atoms with E-state index in [1.54, 1.807) is 35.0 Å². The Kier molecular flexibility index (Phi) is 4.87. The highest BCUT2D eigenvalue weighted by atomic mass is 35.5. The minimum absolute atomic E-state index is 0.0628. The topological polar surface area (TPSA) is 59.8 Å². The van der Waals surface area contributed by atoms with Gasteiger partial charge in [-0.05, 0) is 36.4 Å². The number of nitrogens with one attached hydrogen (secondary N) is 1. The van der Waals surface area contributed by atoms with Crippen molar-refractivity contribution in [2.24, 2.45) is 0 Å². The first-order chi connectivity index (χ1) is 13.6. The van der Waals surface area contributed by atoms with Crippen LogP contribution in [0.4, 0.5) is 10.1 Å². The van der Waals surface area contributed by atoms with Crippen LogP contribution in [-0.2, 0) is 0 Å². The molecule has 0 aliphatic carbocycles. The van der Waals surface area contributed by atoms with Gasteiger partial charge in [0.05, 0.1) is 11.4 Å². The molecule has 4 rings (SSSR count). The second-order valence-corrected chi connectivity index (χ2v) is 6.39. The van der Waals surface area contributed by atoms with E-state index >= 15 is 0 Å². The molecule has 1 N–H and O–H groups in total. The summed E-state index contributed by atoms with van der Waals surface area (Å²) in [4.78, 5) is 17.0. The fourth-order valence-electron chi connectivity index (χ4n) is 2.71. The number of aromatic nitrogens is 3. The molecule has 28 heavy (non-hydrogen) atoms. The van der Waals surface area contributed by atoms with Crippen molar-refractivity contribution in [2.75, 3.05) is 5.32 Å². The summed E-state index contributed by atoms with van der Waals surface area (Å²) in [5.74, 6) is -0.772. The molecule has 0 bridgehead atoms. The molecule has 0 spiro atoms. The Morgan fingerprint density at radius 1 is 0.964 bits per heavy atom.